The highest BCUT2D eigenvalue weighted by Crippen LogP contribution is 2.28. The molecule has 1 aliphatic carbocycles. The van der Waals surface area contributed by atoms with Gasteiger partial charge in [-0.2, -0.15) is 0 Å². The Kier molecular flexibility index (Phi) is 4.83. The summed E-state index contributed by atoms with van der Waals surface area (Å²) in [6, 6.07) is 5.15. The van der Waals surface area contributed by atoms with Crippen molar-refractivity contribution in [1.82, 2.24) is 4.90 Å². The minimum atomic E-state index is -0.951. The number of hydrogen-bond donors (Lipinski definition) is 2. The smallest absolute Gasteiger partial charge is 0.335 e. The summed E-state index contributed by atoms with van der Waals surface area (Å²) in [4.78, 5) is 25.2. The summed E-state index contributed by atoms with van der Waals surface area (Å²) < 4.78 is 0. The van der Waals surface area contributed by atoms with E-state index in [1.165, 1.54) is 6.07 Å². The van der Waals surface area contributed by atoms with Gasteiger partial charge in [0.25, 0.3) is 0 Å². The van der Waals surface area contributed by atoms with Crippen LogP contribution in [0.1, 0.15) is 48.5 Å². The first-order valence-electron chi connectivity index (χ1n) is 7.44. The number of carboxylic acid groups (broad SMARTS) is 1. The van der Waals surface area contributed by atoms with Crippen LogP contribution in [0, 0.1) is 6.92 Å². The van der Waals surface area contributed by atoms with Crippen LogP contribution in [0.15, 0.2) is 18.2 Å². The lowest BCUT2D eigenvalue weighted by Gasteiger charge is -2.22. The molecule has 114 valence electrons. The standard InChI is InChI=1S/C16H22N2O3/c1-3-4-9-18(13-6-7-13)16(21)17-12-5-8-14(15(19)20)11(2)10-12/h5,8,10,13H,3-4,6-7,9H2,1-2H3,(H,17,21)(H,19,20). The van der Waals surface area contributed by atoms with Crippen LogP contribution in [-0.4, -0.2) is 34.6 Å². The molecule has 0 aromatic heterocycles. The maximum Gasteiger partial charge on any atom is 0.335 e. The molecule has 1 aromatic carbocycles. The molecule has 2 rings (SSSR count). The van der Waals surface area contributed by atoms with Crippen molar-refractivity contribution in [2.45, 2.75) is 45.6 Å². The third kappa shape index (κ3) is 3.97. The van der Waals surface area contributed by atoms with Crippen LogP contribution < -0.4 is 5.32 Å². The molecule has 0 saturated heterocycles. The van der Waals surface area contributed by atoms with Gasteiger partial charge in [-0.3, -0.25) is 0 Å². The van der Waals surface area contributed by atoms with Crippen molar-refractivity contribution in [3.05, 3.63) is 29.3 Å². The number of benzene rings is 1. The van der Waals surface area contributed by atoms with Gasteiger partial charge >= 0.3 is 12.0 Å². The third-order valence-electron chi connectivity index (χ3n) is 3.71. The minimum Gasteiger partial charge on any atom is -0.478 e. The quantitative estimate of drug-likeness (QED) is 0.842. The van der Waals surface area contributed by atoms with Crippen LogP contribution in [-0.2, 0) is 0 Å². The first kappa shape index (κ1) is 15.4. The summed E-state index contributed by atoms with van der Waals surface area (Å²) in [7, 11) is 0. The molecular weight excluding hydrogens is 268 g/mol. The fraction of sp³-hybridized carbons (Fsp3) is 0.500. The number of aromatic carboxylic acids is 1. The monoisotopic (exact) mass is 290 g/mol. The van der Waals surface area contributed by atoms with E-state index in [0.29, 0.717) is 17.3 Å². The van der Waals surface area contributed by atoms with Crippen LogP contribution in [0.3, 0.4) is 0 Å². The van der Waals surface area contributed by atoms with E-state index < -0.39 is 5.97 Å². The summed E-state index contributed by atoms with van der Waals surface area (Å²) >= 11 is 0. The highest BCUT2D eigenvalue weighted by atomic mass is 16.4. The summed E-state index contributed by atoms with van der Waals surface area (Å²) in [5.41, 5.74) is 1.55. The van der Waals surface area contributed by atoms with E-state index in [9.17, 15) is 9.59 Å². The lowest BCUT2D eigenvalue weighted by Crippen LogP contribution is -2.37. The van der Waals surface area contributed by atoms with Gasteiger partial charge in [-0.15, -0.1) is 0 Å². The summed E-state index contributed by atoms with van der Waals surface area (Å²) in [6.45, 7) is 4.62. The number of carbonyl (C=O) groups is 2. The summed E-state index contributed by atoms with van der Waals surface area (Å²) in [5.74, 6) is -0.951. The van der Waals surface area contributed by atoms with Gasteiger partial charge in [0, 0.05) is 18.3 Å². The van der Waals surface area contributed by atoms with Crippen molar-refractivity contribution < 1.29 is 14.7 Å². The number of nitrogens with one attached hydrogen (secondary N) is 1. The van der Waals surface area contributed by atoms with E-state index in [1.54, 1.807) is 19.1 Å². The zero-order valence-electron chi connectivity index (χ0n) is 12.6. The number of anilines is 1. The largest absolute Gasteiger partial charge is 0.478 e. The molecule has 2 N–H and O–H groups in total. The predicted molar refractivity (Wildman–Crippen MR) is 81.8 cm³/mol. The lowest BCUT2D eigenvalue weighted by molar-refractivity contribution is 0.0696. The van der Waals surface area contributed by atoms with Crippen molar-refractivity contribution >= 4 is 17.7 Å². The number of aryl methyl sites for hydroxylation is 1. The fourth-order valence-corrected chi connectivity index (χ4v) is 2.34. The molecule has 1 aromatic rings. The van der Waals surface area contributed by atoms with Crippen molar-refractivity contribution in [3.8, 4) is 0 Å². The number of unbranched alkanes of at least 4 members (excludes halogenated alkanes) is 1. The van der Waals surface area contributed by atoms with E-state index in [1.807, 2.05) is 4.90 Å². The van der Waals surface area contributed by atoms with Gasteiger partial charge in [-0.1, -0.05) is 13.3 Å². The highest BCUT2D eigenvalue weighted by molar-refractivity contribution is 5.93. The SMILES string of the molecule is CCCCN(C(=O)Nc1ccc(C(=O)O)c(C)c1)C1CC1. The Morgan fingerprint density at radius 3 is 2.62 bits per heavy atom. The van der Waals surface area contributed by atoms with E-state index in [-0.39, 0.29) is 11.6 Å². The first-order valence-corrected chi connectivity index (χ1v) is 7.44. The molecule has 1 aliphatic rings. The molecule has 0 bridgehead atoms. The Hall–Kier alpha value is -2.04. The van der Waals surface area contributed by atoms with Gasteiger partial charge in [0.15, 0.2) is 0 Å². The molecule has 2 amide bonds. The molecule has 0 aliphatic heterocycles. The lowest BCUT2D eigenvalue weighted by atomic mass is 10.1. The highest BCUT2D eigenvalue weighted by Gasteiger charge is 2.32. The number of rotatable bonds is 6. The Morgan fingerprint density at radius 2 is 2.10 bits per heavy atom. The fourth-order valence-electron chi connectivity index (χ4n) is 2.34. The second kappa shape index (κ2) is 6.61. The van der Waals surface area contributed by atoms with E-state index in [2.05, 4.69) is 12.2 Å². The average molecular weight is 290 g/mol. The number of carbonyl (C=O) groups excluding carboxylic acids is 1. The van der Waals surface area contributed by atoms with Crippen molar-refractivity contribution in [2.24, 2.45) is 0 Å². The van der Waals surface area contributed by atoms with Gasteiger partial charge in [-0.05, 0) is 49.9 Å². The molecule has 0 spiro atoms. The Morgan fingerprint density at radius 1 is 1.38 bits per heavy atom. The molecule has 0 radical (unpaired) electrons. The number of carboxylic acids is 1. The van der Waals surface area contributed by atoms with Gasteiger partial charge in [0.2, 0.25) is 0 Å². The summed E-state index contributed by atoms with van der Waals surface area (Å²) in [6.07, 6.45) is 4.21. The molecule has 1 saturated carbocycles. The molecule has 0 atom stereocenters. The zero-order valence-corrected chi connectivity index (χ0v) is 12.6. The van der Waals surface area contributed by atoms with Gasteiger partial charge in [0.05, 0.1) is 5.56 Å². The Balaban J connectivity index is 2.04. The molecule has 0 unspecified atom stereocenters. The second-order valence-electron chi connectivity index (χ2n) is 5.54. The third-order valence-corrected chi connectivity index (χ3v) is 3.71. The maximum absolute atomic E-state index is 12.3. The van der Waals surface area contributed by atoms with Crippen molar-refractivity contribution in [2.75, 3.05) is 11.9 Å². The van der Waals surface area contributed by atoms with Crippen LogP contribution in [0.25, 0.3) is 0 Å². The molecular formula is C16H22N2O3. The van der Waals surface area contributed by atoms with Crippen LogP contribution in [0.4, 0.5) is 10.5 Å². The molecule has 21 heavy (non-hydrogen) atoms. The topological polar surface area (TPSA) is 69.6 Å². The van der Waals surface area contributed by atoms with Crippen LogP contribution in [0.5, 0.6) is 0 Å². The number of urea groups is 1. The van der Waals surface area contributed by atoms with Crippen LogP contribution >= 0.6 is 0 Å². The number of nitrogens with zero attached hydrogens (tertiary/aromatic N) is 1. The van der Waals surface area contributed by atoms with Crippen LogP contribution in [0.2, 0.25) is 0 Å². The van der Waals surface area contributed by atoms with Gasteiger partial charge in [0.1, 0.15) is 0 Å². The van der Waals surface area contributed by atoms with E-state index in [4.69, 9.17) is 5.11 Å². The Bertz CT molecular complexity index is 538. The molecule has 1 fully saturated rings. The molecule has 0 heterocycles. The first-order chi connectivity index (χ1) is 10.0. The van der Waals surface area contributed by atoms with Crippen molar-refractivity contribution in [1.29, 1.82) is 0 Å². The predicted octanol–water partition coefficient (Wildman–Crippen LogP) is 3.49. The molecule has 5 nitrogen and oxygen atoms in total. The number of amides is 2. The Labute approximate surface area is 125 Å². The second-order valence-corrected chi connectivity index (χ2v) is 5.54. The molecule has 5 heteroatoms. The average Bonchev–Trinajstić information content (AvgIpc) is 3.23. The van der Waals surface area contributed by atoms with Gasteiger partial charge < -0.3 is 15.3 Å². The number of hydrogen-bond acceptors (Lipinski definition) is 2. The van der Waals surface area contributed by atoms with E-state index in [0.717, 1.165) is 32.2 Å². The zero-order chi connectivity index (χ0) is 15.4. The normalized spacial score (nSPS) is 13.8. The van der Waals surface area contributed by atoms with Crippen molar-refractivity contribution in [3.63, 3.8) is 0 Å². The maximum atomic E-state index is 12.3. The minimum absolute atomic E-state index is 0.0894. The van der Waals surface area contributed by atoms with E-state index >= 15 is 0 Å². The summed E-state index contributed by atoms with van der Waals surface area (Å²) in [5, 5.41) is 11.9. The van der Waals surface area contributed by atoms with Gasteiger partial charge in [-0.25, -0.2) is 9.59 Å².